The van der Waals surface area contributed by atoms with E-state index < -0.39 is 5.82 Å². The maximum atomic E-state index is 13.4. The Morgan fingerprint density at radius 2 is 2.00 bits per heavy atom. The number of carbonyl (C=O) groups is 1. The molecule has 0 atom stereocenters. The number of hydrogen-bond donors (Lipinski definition) is 2. The van der Waals surface area contributed by atoms with Gasteiger partial charge in [0.2, 0.25) is 0 Å². The Hall–Kier alpha value is -3.49. The quantitative estimate of drug-likeness (QED) is 0.577. The molecule has 0 unspecified atom stereocenters. The number of amides is 1. The summed E-state index contributed by atoms with van der Waals surface area (Å²) in [6.07, 6.45) is 1.45. The van der Waals surface area contributed by atoms with Gasteiger partial charge in [-0.2, -0.15) is 5.10 Å². The molecule has 0 aliphatic heterocycles. The van der Waals surface area contributed by atoms with Gasteiger partial charge in [0.1, 0.15) is 12.1 Å². The van der Waals surface area contributed by atoms with Crippen LogP contribution in [0.15, 0.2) is 42.7 Å². The molecule has 1 amide bonds. The van der Waals surface area contributed by atoms with Crippen LogP contribution >= 0.6 is 0 Å². The van der Waals surface area contributed by atoms with E-state index in [0.29, 0.717) is 24.7 Å². The number of halogens is 1. The molecular formula is C19H21FN6O2. The van der Waals surface area contributed by atoms with E-state index >= 15 is 0 Å². The maximum absolute atomic E-state index is 13.4. The predicted molar refractivity (Wildman–Crippen MR) is 102 cm³/mol. The summed E-state index contributed by atoms with van der Waals surface area (Å²) in [6, 6.07) is 9.69. The second-order valence-electron chi connectivity index (χ2n) is 6.10. The van der Waals surface area contributed by atoms with Crippen molar-refractivity contribution in [3.05, 3.63) is 59.9 Å². The van der Waals surface area contributed by atoms with Crippen LogP contribution in [0.2, 0.25) is 0 Å². The molecule has 1 aromatic carbocycles. The number of nitrogens with one attached hydrogen (secondary N) is 2. The van der Waals surface area contributed by atoms with Crippen molar-refractivity contribution in [3.63, 3.8) is 0 Å². The highest BCUT2D eigenvalue weighted by Gasteiger charge is 2.07. The van der Waals surface area contributed by atoms with E-state index in [2.05, 4.69) is 25.7 Å². The van der Waals surface area contributed by atoms with Gasteiger partial charge in [0.05, 0.1) is 5.69 Å². The Bertz CT molecular complexity index is 959. The minimum Gasteiger partial charge on any atom is -0.481 e. The van der Waals surface area contributed by atoms with Crippen LogP contribution in [-0.4, -0.2) is 45.4 Å². The van der Waals surface area contributed by atoms with Gasteiger partial charge in [0.15, 0.2) is 24.0 Å². The van der Waals surface area contributed by atoms with E-state index in [1.807, 2.05) is 19.9 Å². The third-order valence-electron chi connectivity index (χ3n) is 3.83. The summed E-state index contributed by atoms with van der Waals surface area (Å²) >= 11 is 0. The van der Waals surface area contributed by atoms with Gasteiger partial charge in [-0.25, -0.2) is 19.0 Å². The first-order valence-corrected chi connectivity index (χ1v) is 8.76. The van der Waals surface area contributed by atoms with Crippen LogP contribution in [0.5, 0.6) is 5.75 Å². The summed E-state index contributed by atoms with van der Waals surface area (Å²) in [5.74, 6) is 0.489. The molecule has 146 valence electrons. The fraction of sp³-hybridized carbons (Fsp3) is 0.263. The van der Waals surface area contributed by atoms with Gasteiger partial charge in [0.25, 0.3) is 5.91 Å². The number of ether oxygens (including phenoxy) is 1. The van der Waals surface area contributed by atoms with E-state index in [1.54, 1.807) is 22.9 Å². The molecule has 9 heteroatoms. The van der Waals surface area contributed by atoms with Crippen molar-refractivity contribution in [3.8, 4) is 11.6 Å². The Morgan fingerprint density at radius 3 is 2.75 bits per heavy atom. The minimum atomic E-state index is -0.501. The van der Waals surface area contributed by atoms with Crippen LogP contribution in [0, 0.1) is 19.7 Å². The molecule has 2 N–H and O–H groups in total. The lowest BCUT2D eigenvalue weighted by molar-refractivity contribution is -0.123. The molecule has 0 aliphatic carbocycles. The second kappa shape index (κ2) is 8.94. The lowest BCUT2D eigenvalue weighted by Crippen LogP contribution is -2.32. The third-order valence-corrected chi connectivity index (χ3v) is 3.83. The molecule has 0 spiro atoms. The molecule has 2 aromatic heterocycles. The van der Waals surface area contributed by atoms with Crippen molar-refractivity contribution >= 4 is 11.7 Å². The highest BCUT2D eigenvalue weighted by atomic mass is 19.1. The standard InChI is InChI=1S/C19H21FN6O2/c1-13-9-14(2)26(25-13)18-10-17(23-12-24-18)21-7-8-22-19(27)11-28-16-6-4-3-5-15(16)20/h3-6,9-10,12H,7-8,11H2,1-2H3,(H,22,27)(H,21,23,24). The predicted octanol–water partition coefficient (Wildman–Crippen LogP) is 2.03. The summed E-state index contributed by atoms with van der Waals surface area (Å²) in [5, 5.41) is 10.2. The number of rotatable bonds is 8. The Kier molecular flexibility index (Phi) is 6.15. The zero-order valence-electron chi connectivity index (χ0n) is 15.6. The van der Waals surface area contributed by atoms with Gasteiger partial charge >= 0.3 is 0 Å². The summed E-state index contributed by atoms with van der Waals surface area (Å²) < 4.78 is 20.3. The van der Waals surface area contributed by atoms with E-state index in [9.17, 15) is 9.18 Å². The molecule has 3 aromatic rings. The summed E-state index contributed by atoms with van der Waals surface area (Å²) in [6.45, 7) is 4.44. The molecular weight excluding hydrogens is 363 g/mol. The monoisotopic (exact) mass is 384 g/mol. The van der Waals surface area contributed by atoms with Crippen LogP contribution < -0.4 is 15.4 Å². The Morgan fingerprint density at radius 1 is 1.18 bits per heavy atom. The molecule has 0 aliphatic rings. The van der Waals surface area contributed by atoms with Crippen LogP contribution in [-0.2, 0) is 4.79 Å². The van der Waals surface area contributed by atoms with Crippen LogP contribution in [0.4, 0.5) is 10.2 Å². The van der Waals surface area contributed by atoms with Crippen LogP contribution in [0.3, 0.4) is 0 Å². The van der Waals surface area contributed by atoms with Crippen molar-refractivity contribution in [2.24, 2.45) is 0 Å². The van der Waals surface area contributed by atoms with Crippen molar-refractivity contribution in [2.75, 3.05) is 25.0 Å². The van der Waals surface area contributed by atoms with Crippen molar-refractivity contribution in [1.82, 2.24) is 25.1 Å². The molecule has 2 heterocycles. The van der Waals surface area contributed by atoms with Gasteiger partial charge in [-0.15, -0.1) is 0 Å². The Balaban J connectivity index is 1.44. The molecule has 0 saturated carbocycles. The lowest BCUT2D eigenvalue weighted by atomic mass is 10.3. The fourth-order valence-electron chi connectivity index (χ4n) is 2.57. The highest BCUT2D eigenvalue weighted by Crippen LogP contribution is 2.15. The van der Waals surface area contributed by atoms with E-state index in [4.69, 9.17) is 4.74 Å². The maximum Gasteiger partial charge on any atom is 0.258 e. The number of anilines is 1. The molecule has 8 nitrogen and oxygen atoms in total. The van der Waals surface area contributed by atoms with Gasteiger partial charge in [0, 0.05) is 24.8 Å². The number of nitrogens with zero attached hydrogens (tertiary/aromatic N) is 4. The number of aryl methyl sites for hydroxylation is 2. The zero-order valence-corrected chi connectivity index (χ0v) is 15.6. The van der Waals surface area contributed by atoms with E-state index in [-0.39, 0.29) is 18.3 Å². The minimum absolute atomic E-state index is 0.0495. The van der Waals surface area contributed by atoms with E-state index in [1.165, 1.54) is 18.5 Å². The second-order valence-corrected chi connectivity index (χ2v) is 6.10. The third kappa shape index (κ3) is 5.03. The SMILES string of the molecule is Cc1cc(C)n(-c2cc(NCCNC(=O)COc3ccccc3F)ncn2)n1. The number of carbonyl (C=O) groups excluding carboxylic acids is 1. The van der Waals surface area contributed by atoms with Gasteiger partial charge < -0.3 is 15.4 Å². The van der Waals surface area contributed by atoms with Crippen molar-refractivity contribution < 1.29 is 13.9 Å². The van der Waals surface area contributed by atoms with Gasteiger partial charge in [-0.1, -0.05) is 12.1 Å². The first-order valence-electron chi connectivity index (χ1n) is 8.76. The van der Waals surface area contributed by atoms with Crippen LogP contribution in [0.1, 0.15) is 11.4 Å². The summed E-state index contributed by atoms with van der Waals surface area (Å²) in [7, 11) is 0. The molecule has 3 rings (SSSR count). The smallest absolute Gasteiger partial charge is 0.258 e. The number of hydrogen-bond acceptors (Lipinski definition) is 6. The first kappa shape index (κ1) is 19.3. The largest absolute Gasteiger partial charge is 0.481 e. The average molecular weight is 384 g/mol. The highest BCUT2D eigenvalue weighted by molar-refractivity contribution is 5.77. The molecule has 0 bridgehead atoms. The molecule has 0 radical (unpaired) electrons. The zero-order chi connectivity index (χ0) is 19.9. The van der Waals surface area contributed by atoms with Gasteiger partial charge in [-0.3, -0.25) is 4.79 Å². The topological polar surface area (TPSA) is 94.0 Å². The lowest BCUT2D eigenvalue weighted by Gasteiger charge is -2.10. The van der Waals surface area contributed by atoms with Crippen molar-refractivity contribution in [1.29, 1.82) is 0 Å². The number of benzene rings is 1. The molecule has 0 saturated heterocycles. The molecule has 28 heavy (non-hydrogen) atoms. The average Bonchev–Trinajstić information content (AvgIpc) is 3.03. The Labute approximate surface area is 161 Å². The number of aromatic nitrogens is 4. The normalized spacial score (nSPS) is 10.5. The summed E-state index contributed by atoms with van der Waals surface area (Å²) in [5.41, 5.74) is 1.88. The summed E-state index contributed by atoms with van der Waals surface area (Å²) in [4.78, 5) is 20.2. The first-order chi connectivity index (χ1) is 13.5. The van der Waals surface area contributed by atoms with Crippen LogP contribution in [0.25, 0.3) is 5.82 Å². The van der Waals surface area contributed by atoms with Crippen molar-refractivity contribution in [2.45, 2.75) is 13.8 Å². The van der Waals surface area contributed by atoms with E-state index in [0.717, 1.165) is 11.4 Å². The fourth-order valence-corrected chi connectivity index (χ4v) is 2.57. The number of para-hydroxylation sites is 1. The molecule has 0 fully saturated rings. The van der Waals surface area contributed by atoms with Gasteiger partial charge in [-0.05, 0) is 32.0 Å².